The van der Waals surface area contributed by atoms with Gasteiger partial charge in [0, 0.05) is 30.7 Å². The quantitative estimate of drug-likeness (QED) is 0.577. The number of benzene rings is 2. The van der Waals surface area contributed by atoms with Crippen molar-refractivity contribution in [2.24, 2.45) is 0 Å². The smallest absolute Gasteiger partial charge is 0.309 e. The van der Waals surface area contributed by atoms with Gasteiger partial charge in [-0.05, 0) is 67.6 Å². The lowest BCUT2D eigenvalue weighted by molar-refractivity contribution is -0.139. The Labute approximate surface area is 198 Å². The van der Waals surface area contributed by atoms with E-state index >= 15 is 0 Å². The highest BCUT2D eigenvalue weighted by atomic mass is 35.5. The molecule has 0 aromatic heterocycles. The van der Waals surface area contributed by atoms with Gasteiger partial charge in [0.1, 0.15) is 5.82 Å². The number of aryl methyl sites for hydroxylation is 1. The van der Waals surface area contributed by atoms with Crippen LogP contribution in [0.2, 0.25) is 5.02 Å². The first-order valence-electron chi connectivity index (χ1n) is 10.8. The van der Waals surface area contributed by atoms with E-state index in [9.17, 15) is 22.4 Å². The van der Waals surface area contributed by atoms with E-state index < -0.39 is 27.7 Å². The third-order valence-electron chi connectivity index (χ3n) is 5.63. The molecule has 0 bridgehead atoms. The number of hydrogen-bond acceptors (Lipinski definition) is 4. The van der Waals surface area contributed by atoms with Gasteiger partial charge in [0.25, 0.3) is 0 Å². The molecule has 0 saturated carbocycles. The van der Waals surface area contributed by atoms with E-state index in [0.29, 0.717) is 30.0 Å². The summed E-state index contributed by atoms with van der Waals surface area (Å²) in [5.41, 5.74) is 1.16. The Kier molecular flexibility index (Phi) is 8.45. The molecule has 2 aromatic carbocycles. The zero-order chi connectivity index (χ0) is 24.0. The Morgan fingerprint density at radius 1 is 1.09 bits per heavy atom. The van der Waals surface area contributed by atoms with E-state index in [1.165, 1.54) is 16.4 Å². The molecule has 1 atom stereocenters. The van der Waals surface area contributed by atoms with Gasteiger partial charge in [-0.25, -0.2) is 12.8 Å². The van der Waals surface area contributed by atoms with Gasteiger partial charge < -0.3 is 10.6 Å². The van der Waals surface area contributed by atoms with E-state index in [4.69, 9.17) is 11.6 Å². The fourth-order valence-corrected chi connectivity index (χ4v) is 5.96. The Bertz CT molecular complexity index is 1110. The van der Waals surface area contributed by atoms with Crippen molar-refractivity contribution >= 4 is 33.4 Å². The topological polar surface area (TPSA) is 95.6 Å². The number of halogens is 2. The summed E-state index contributed by atoms with van der Waals surface area (Å²) in [4.78, 5) is 24.3. The third kappa shape index (κ3) is 6.52. The fraction of sp³-hybridized carbons (Fsp3) is 0.391. The molecule has 33 heavy (non-hydrogen) atoms. The first kappa shape index (κ1) is 25.1. The highest BCUT2D eigenvalue weighted by molar-refractivity contribution is 7.89. The molecule has 2 aromatic rings. The molecule has 0 aliphatic carbocycles. The molecule has 2 N–H and O–H groups in total. The van der Waals surface area contributed by atoms with Crippen LogP contribution >= 0.6 is 11.6 Å². The zero-order valence-electron chi connectivity index (χ0n) is 18.3. The fourth-order valence-electron chi connectivity index (χ4n) is 3.90. The molecule has 1 aliphatic heterocycles. The number of nitrogens with one attached hydrogen (secondary N) is 2. The number of piperidine rings is 1. The predicted octanol–water partition coefficient (Wildman–Crippen LogP) is 3.15. The van der Waals surface area contributed by atoms with Gasteiger partial charge in [-0.2, -0.15) is 4.31 Å². The second-order valence-corrected chi connectivity index (χ2v) is 10.3. The normalized spacial score (nSPS) is 16.9. The molecule has 0 radical (unpaired) electrons. The minimum absolute atomic E-state index is 0.0846. The molecule has 1 heterocycles. The van der Waals surface area contributed by atoms with E-state index in [2.05, 4.69) is 10.6 Å². The van der Waals surface area contributed by atoms with E-state index in [-0.39, 0.29) is 24.0 Å². The van der Waals surface area contributed by atoms with Crippen LogP contribution in [-0.2, 0) is 26.2 Å². The number of sulfonamides is 1. The summed E-state index contributed by atoms with van der Waals surface area (Å²) < 4.78 is 41.3. The molecule has 1 aliphatic rings. The van der Waals surface area contributed by atoms with Gasteiger partial charge in [0.15, 0.2) is 0 Å². The van der Waals surface area contributed by atoms with Gasteiger partial charge in [-0.3, -0.25) is 9.59 Å². The Balaban J connectivity index is 1.55. The van der Waals surface area contributed by atoms with E-state index in [1.54, 1.807) is 31.2 Å². The number of hydrogen-bond donors (Lipinski definition) is 2. The molecule has 1 fully saturated rings. The lowest BCUT2D eigenvalue weighted by Gasteiger charge is -2.35. The van der Waals surface area contributed by atoms with Crippen LogP contribution < -0.4 is 10.6 Å². The van der Waals surface area contributed by atoms with Crippen LogP contribution in [-0.4, -0.2) is 43.7 Å². The Morgan fingerprint density at radius 3 is 2.48 bits per heavy atom. The number of rotatable bonds is 7. The summed E-state index contributed by atoms with van der Waals surface area (Å²) in [7, 11) is -3.80. The van der Waals surface area contributed by atoms with Gasteiger partial charge in [-0.15, -0.1) is 0 Å². The van der Waals surface area contributed by atoms with Crippen molar-refractivity contribution in [3.63, 3.8) is 0 Å². The SMILES string of the molecule is Cc1cc(F)ccc1S(=O)(=O)N1CCCCC1CCNC(=O)C(=O)NCc1ccc(Cl)cc1. The molecule has 0 spiro atoms. The van der Waals surface area contributed by atoms with Crippen molar-refractivity contribution in [3.8, 4) is 0 Å². The molecule has 7 nitrogen and oxygen atoms in total. The monoisotopic (exact) mass is 495 g/mol. The highest BCUT2D eigenvalue weighted by Crippen LogP contribution is 2.28. The average Bonchev–Trinajstić information content (AvgIpc) is 2.78. The van der Waals surface area contributed by atoms with Crippen molar-refractivity contribution in [2.45, 2.75) is 50.1 Å². The maximum atomic E-state index is 13.4. The van der Waals surface area contributed by atoms with Crippen molar-refractivity contribution in [2.75, 3.05) is 13.1 Å². The Morgan fingerprint density at radius 2 is 1.79 bits per heavy atom. The van der Waals surface area contributed by atoms with Gasteiger partial charge in [0.05, 0.1) is 4.90 Å². The standard InChI is InChI=1S/C23H27ClFN3O4S/c1-16-14-19(25)9-10-21(16)33(31,32)28-13-3-2-4-20(28)11-12-26-22(29)23(30)27-15-17-5-7-18(24)8-6-17/h5-10,14,20H,2-4,11-13,15H2,1H3,(H,26,29)(H,27,30). The largest absolute Gasteiger partial charge is 0.348 e. The summed E-state index contributed by atoms with van der Waals surface area (Å²) in [6.07, 6.45) is 2.62. The van der Waals surface area contributed by atoms with Crippen molar-refractivity contribution in [1.82, 2.24) is 14.9 Å². The number of nitrogens with zero attached hydrogens (tertiary/aromatic N) is 1. The number of carbonyl (C=O) groups excluding carboxylic acids is 2. The van der Waals surface area contributed by atoms with Crippen LogP contribution in [0.15, 0.2) is 47.4 Å². The molecule has 10 heteroatoms. The van der Waals surface area contributed by atoms with Crippen molar-refractivity contribution in [1.29, 1.82) is 0 Å². The minimum Gasteiger partial charge on any atom is -0.348 e. The molecule has 2 amide bonds. The summed E-state index contributed by atoms with van der Waals surface area (Å²) in [6, 6.07) is 10.2. The Hall–Kier alpha value is -2.49. The summed E-state index contributed by atoms with van der Waals surface area (Å²) in [5.74, 6) is -2.03. The first-order chi connectivity index (χ1) is 15.7. The lowest BCUT2D eigenvalue weighted by atomic mass is 10.0. The van der Waals surface area contributed by atoms with Gasteiger partial charge in [-0.1, -0.05) is 30.2 Å². The van der Waals surface area contributed by atoms with E-state index in [0.717, 1.165) is 24.5 Å². The molecular formula is C23H27ClFN3O4S. The molecule has 1 saturated heterocycles. The molecule has 3 rings (SSSR count). The first-order valence-corrected chi connectivity index (χ1v) is 12.6. The van der Waals surface area contributed by atoms with Crippen LogP contribution in [0.5, 0.6) is 0 Å². The number of carbonyl (C=O) groups is 2. The maximum Gasteiger partial charge on any atom is 0.309 e. The summed E-state index contributed by atoms with van der Waals surface area (Å²) in [6.45, 7) is 2.28. The van der Waals surface area contributed by atoms with Crippen molar-refractivity contribution in [3.05, 3.63) is 64.4 Å². The molecule has 178 valence electrons. The molecule has 1 unspecified atom stereocenters. The molecular weight excluding hydrogens is 469 g/mol. The average molecular weight is 496 g/mol. The zero-order valence-corrected chi connectivity index (χ0v) is 19.9. The predicted molar refractivity (Wildman–Crippen MR) is 124 cm³/mol. The summed E-state index contributed by atoms with van der Waals surface area (Å²) in [5, 5.41) is 5.68. The van der Waals surface area contributed by atoms with E-state index in [1.807, 2.05) is 0 Å². The van der Waals surface area contributed by atoms with Crippen LogP contribution in [0.4, 0.5) is 4.39 Å². The number of amides is 2. The minimum atomic E-state index is -3.80. The lowest BCUT2D eigenvalue weighted by Crippen LogP contribution is -2.46. The maximum absolute atomic E-state index is 13.4. The van der Waals surface area contributed by atoms with Crippen LogP contribution in [0.25, 0.3) is 0 Å². The van der Waals surface area contributed by atoms with Crippen LogP contribution in [0, 0.1) is 12.7 Å². The summed E-state index contributed by atoms with van der Waals surface area (Å²) >= 11 is 5.83. The second kappa shape index (κ2) is 11.1. The second-order valence-electron chi connectivity index (χ2n) is 8.03. The van der Waals surface area contributed by atoms with Crippen LogP contribution in [0.3, 0.4) is 0 Å². The van der Waals surface area contributed by atoms with Crippen LogP contribution in [0.1, 0.15) is 36.8 Å². The van der Waals surface area contributed by atoms with Crippen molar-refractivity contribution < 1.29 is 22.4 Å². The van der Waals surface area contributed by atoms with Gasteiger partial charge >= 0.3 is 11.8 Å². The van der Waals surface area contributed by atoms with Gasteiger partial charge in [0.2, 0.25) is 10.0 Å². The highest BCUT2D eigenvalue weighted by Gasteiger charge is 2.34. The third-order valence-corrected chi connectivity index (χ3v) is 8.00.